The van der Waals surface area contributed by atoms with E-state index in [1.165, 1.54) is 12.0 Å². The van der Waals surface area contributed by atoms with Crippen molar-refractivity contribution in [2.75, 3.05) is 26.9 Å². The molecule has 0 unspecified atom stereocenters. The average Bonchev–Trinajstić information content (AvgIpc) is 2.76. The van der Waals surface area contributed by atoms with Crippen LogP contribution in [0.5, 0.6) is 0 Å². The number of hydrogen-bond acceptors (Lipinski definition) is 6. The zero-order valence-corrected chi connectivity index (χ0v) is 15.7. The lowest BCUT2D eigenvalue weighted by Crippen LogP contribution is -2.48. The second-order valence-corrected chi connectivity index (χ2v) is 7.95. The number of hydrogen-bond donors (Lipinski definition) is 1. The maximum Gasteiger partial charge on any atom is 0.411 e. The van der Waals surface area contributed by atoms with Crippen molar-refractivity contribution in [3.8, 4) is 0 Å². The molecule has 2 heterocycles. The van der Waals surface area contributed by atoms with Gasteiger partial charge >= 0.3 is 12.1 Å². The van der Waals surface area contributed by atoms with Gasteiger partial charge in [0.05, 0.1) is 13.2 Å². The number of methoxy groups -OCH3 is 1. The Bertz CT molecular complexity index is 475. The molecule has 7 nitrogen and oxygen atoms in total. The third-order valence-corrected chi connectivity index (χ3v) is 4.86. The number of fused-ring (bicyclic) bond motifs is 1. The number of nitrogens with zero attached hydrogens (tertiary/aromatic N) is 1. The van der Waals surface area contributed by atoms with Crippen LogP contribution < -0.4 is 0 Å². The van der Waals surface area contributed by atoms with Gasteiger partial charge in [0.15, 0.2) is 6.04 Å². The predicted octanol–water partition coefficient (Wildman–Crippen LogP) is 1.96. The fraction of sp³-hybridized carbons (Fsp3) is 0.889. The Hall–Kier alpha value is -1.34. The van der Waals surface area contributed by atoms with Crippen LogP contribution in [-0.2, 0) is 19.0 Å². The normalized spacial score (nSPS) is 29.7. The monoisotopic (exact) mass is 357 g/mol. The van der Waals surface area contributed by atoms with Gasteiger partial charge in [-0.3, -0.25) is 4.90 Å². The van der Waals surface area contributed by atoms with Gasteiger partial charge in [-0.15, -0.1) is 0 Å². The van der Waals surface area contributed by atoms with E-state index in [4.69, 9.17) is 19.3 Å². The van der Waals surface area contributed by atoms with Crippen LogP contribution in [0.1, 0.15) is 46.5 Å². The average molecular weight is 357 g/mol. The van der Waals surface area contributed by atoms with Crippen LogP contribution in [0.15, 0.2) is 0 Å². The molecular formula is C18H31NO6. The second kappa shape index (κ2) is 8.36. The third kappa shape index (κ3) is 5.07. The maximum atomic E-state index is 12.6. The SMILES string of the molecule is COC(=O)[C@@H]1[C@@H]2OCC[C@@H](CCCO)C[C@H]2CN1C(=O)OC(C)(C)C. The van der Waals surface area contributed by atoms with E-state index in [1.54, 1.807) is 20.8 Å². The number of aliphatic hydroxyl groups excluding tert-OH is 1. The van der Waals surface area contributed by atoms with E-state index in [9.17, 15) is 9.59 Å². The van der Waals surface area contributed by atoms with Gasteiger partial charge in [-0.25, -0.2) is 9.59 Å². The molecule has 2 saturated heterocycles. The van der Waals surface area contributed by atoms with Crippen molar-refractivity contribution in [1.82, 2.24) is 4.90 Å². The summed E-state index contributed by atoms with van der Waals surface area (Å²) in [7, 11) is 1.32. The predicted molar refractivity (Wildman–Crippen MR) is 91.0 cm³/mol. The van der Waals surface area contributed by atoms with Gasteiger partial charge < -0.3 is 19.3 Å². The first-order valence-corrected chi connectivity index (χ1v) is 9.06. The Morgan fingerprint density at radius 3 is 2.64 bits per heavy atom. The highest BCUT2D eigenvalue weighted by Gasteiger charge is 2.51. The van der Waals surface area contributed by atoms with Crippen molar-refractivity contribution in [2.45, 2.75) is 64.2 Å². The van der Waals surface area contributed by atoms with Crippen molar-refractivity contribution in [3.05, 3.63) is 0 Å². The summed E-state index contributed by atoms with van der Waals surface area (Å²) >= 11 is 0. The number of ether oxygens (including phenoxy) is 3. The summed E-state index contributed by atoms with van der Waals surface area (Å²) in [5.74, 6) is 0.0361. The molecule has 0 aromatic rings. The van der Waals surface area contributed by atoms with E-state index < -0.39 is 23.7 Å². The van der Waals surface area contributed by atoms with Crippen LogP contribution in [0, 0.1) is 11.8 Å². The van der Waals surface area contributed by atoms with Gasteiger partial charge in [-0.2, -0.15) is 0 Å². The number of likely N-dealkylation sites (tertiary alicyclic amines) is 1. The lowest BCUT2D eigenvalue weighted by atomic mass is 9.87. The van der Waals surface area contributed by atoms with Gasteiger partial charge in [0, 0.05) is 25.7 Å². The Balaban J connectivity index is 2.16. The molecule has 0 aromatic heterocycles. The van der Waals surface area contributed by atoms with Crippen LogP contribution in [-0.4, -0.2) is 66.7 Å². The Morgan fingerprint density at radius 1 is 1.32 bits per heavy atom. The van der Waals surface area contributed by atoms with Crippen molar-refractivity contribution >= 4 is 12.1 Å². The molecule has 144 valence electrons. The highest BCUT2D eigenvalue weighted by Crippen LogP contribution is 2.37. The minimum absolute atomic E-state index is 0.0720. The van der Waals surface area contributed by atoms with Gasteiger partial charge in [-0.05, 0) is 52.4 Å². The molecule has 2 aliphatic heterocycles. The topological polar surface area (TPSA) is 85.3 Å². The summed E-state index contributed by atoms with van der Waals surface area (Å²) in [5.41, 5.74) is -0.632. The lowest BCUT2D eigenvalue weighted by molar-refractivity contribution is -0.150. The van der Waals surface area contributed by atoms with E-state index in [0.717, 1.165) is 25.7 Å². The quantitative estimate of drug-likeness (QED) is 0.774. The van der Waals surface area contributed by atoms with Gasteiger partial charge in [0.25, 0.3) is 0 Å². The van der Waals surface area contributed by atoms with Crippen molar-refractivity contribution in [1.29, 1.82) is 0 Å². The molecule has 1 N–H and O–H groups in total. The number of carbonyl (C=O) groups excluding carboxylic acids is 2. The van der Waals surface area contributed by atoms with Gasteiger partial charge in [-0.1, -0.05) is 0 Å². The highest BCUT2D eigenvalue weighted by molar-refractivity contribution is 5.83. The Labute approximate surface area is 149 Å². The fourth-order valence-electron chi connectivity index (χ4n) is 3.79. The van der Waals surface area contributed by atoms with Gasteiger partial charge in [0.1, 0.15) is 5.60 Å². The zero-order valence-electron chi connectivity index (χ0n) is 15.7. The number of carbonyl (C=O) groups is 2. The molecule has 2 aliphatic rings. The van der Waals surface area contributed by atoms with E-state index >= 15 is 0 Å². The molecule has 0 aliphatic carbocycles. The molecule has 1 amide bonds. The minimum Gasteiger partial charge on any atom is -0.467 e. The van der Waals surface area contributed by atoms with Crippen molar-refractivity contribution < 1.29 is 28.9 Å². The molecule has 4 atom stereocenters. The molecule has 0 aromatic carbocycles. The lowest BCUT2D eigenvalue weighted by Gasteiger charge is -2.28. The van der Waals surface area contributed by atoms with Crippen molar-refractivity contribution in [3.63, 3.8) is 0 Å². The zero-order chi connectivity index (χ0) is 18.6. The molecule has 0 saturated carbocycles. The fourth-order valence-corrected chi connectivity index (χ4v) is 3.79. The molecular weight excluding hydrogens is 326 g/mol. The number of rotatable bonds is 4. The summed E-state index contributed by atoms with van der Waals surface area (Å²) in [6, 6.07) is -0.763. The summed E-state index contributed by atoms with van der Waals surface area (Å²) < 4.78 is 16.4. The molecule has 7 heteroatoms. The van der Waals surface area contributed by atoms with Crippen molar-refractivity contribution in [2.24, 2.45) is 11.8 Å². The summed E-state index contributed by atoms with van der Waals surface area (Å²) in [4.78, 5) is 26.4. The van der Waals surface area contributed by atoms with E-state index in [2.05, 4.69) is 0 Å². The second-order valence-electron chi connectivity index (χ2n) is 7.95. The molecule has 25 heavy (non-hydrogen) atoms. The maximum absolute atomic E-state index is 12.6. The van der Waals surface area contributed by atoms with Crippen LogP contribution in [0.4, 0.5) is 4.79 Å². The number of amides is 1. The first-order chi connectivity index (χ1) is 11.8. The molecule has 2 rings (SSSR count). The highest BCUT2D eigenvalue weighted by atomic mass is 16.6. The van der Waals surface area contributed by atoms with E-state index in [-0.39, 0.29) is 18.6 Å². The minimum atomic E-state index is -0.763. The Morgan fingerprint density at radius 2 is 2.04 bits per heavy atom. The smallest absolute Gasteiger partial charge is 0.411 e. The first-order valence-electron chi connectivity index (χ1n) is 9.06. The number of esters is 1. The van der Waals surface area contributed by atoms with E-state index in [1.807, 2.05) is 0 Å². The third-order valence-electron chi connectivity index (χ3n) is 4.86. The molecule has 0 radical (unpaired) electrons. The molecule has 0 bridgehead atoms. The summed E-state index contributed by atoms with van der Waals surface area (Å²) in [5, 5.41) is 9.06. The Kier molecular flexibility index (Phi) is 6.68. The summed E-state index contributed by atoms with van der Waals surface area (Å²) in [6.07, 6.45) is 2.60. The van der Waals surface area contributed by atoms with Crippen LogP contribution in [0.3, 0.4) is 0 Å². The largest absolute Gasteiger partial charge is 0.467 e. The first kappa shape index (κ1) is 20.0. The summed E-state index contributed by atoms with van der Waals surface area (Å²) in [6.45, 7) is 6.55. The number of aliphatic hydroxyl groups is 1. The van der Waals surface area contributed by atoms with Crippen LogP contribution in [0.25, 0.3) is 0 Å². The standard InChI is InChI=1S/C18H31NO6/c1-18(2,3)25-17(22)19-11-13-10-12(6-5-8-20)7-9-24-15(13)14(19)16(21)23-4/h12-15,20H,5-11H2,1-4H3/t12-,13+,14+,15-/m1/s1. The molecule has 0 spiro atoms. The van der Waals surface area contributed by atoms with E-state index in [0.29, 0.717) is 19.1 Å². The van der Waals surface area contributed by atoms with Crippen LogP contribution in [0.2, 0.25) is 0 Å². The van der Waals surface area contributed by atoms with Gasteiger partial charge in [0.2, 0.25) is 0 Å². The molecule has 2 fully saturated rings. The van der Waals surface area contributed by atoms with Crippen LogP contribution >= 0.6 is 0 Å².